The highest BCUT2D eigenvalue weighted by Gasteiger charge is 2.04. The van der Waals surface area contributed by atoms with E-state index in [4.69, 9.17) is 0 Å². The van der Waals surface area contributed by atoms with E-state index in [0.717, 1.165) is 16.5 Å². The lowest BCUT2D eigenvalue weighted by Gasteiger charge is -1.87. The summed E-state index contributed by atoms with van der Waals surface area (Å²) in [6.07, 6.45) is 3.79. The highest BCUT2D eigenvalue weighted by atomic mass is 32.1. The fourth-order valence-corrected chi connectivity index (χ4v) is 1.60. The molecule has 0 saturated carbocycles. The van der Waals surface area contributed by atoms with E-state index in [0.29, 0.717) is 0 Å². The van der Waals surface area contributed by atoms with Crippen molar-refractivity contribution in [2.24, 2.45) is 7.05 Å². The van der Waals surface area contributed by atoms with Gasteiger partial charge in [0, 0.05) is 24.8 Å². The number of imidazole rings is 1. The van der Waals surface area contributed by atoms with Crippen LogP contribution >= 0.6 is 11.3 Å². The van der Waals surface area contributed by atoms with Crippen molar-refractivity contribution in [1.82, 2.24) is 14.5 Å². The van der Waals surface area contributed by atoms with Crippen LogP contribution in [0.4, 0.5) is 0 Å². The molecule has 2 heterocycles. The molecule has 3 nitrogen and oxygen atoms in total. The number of aryl methyl sites for hydroxylation is 2. The first-order valence-electron chi connectivity index (χ1n) is 3.67. The predicted octanol–water partition coefficient (Wildman–Crippen LogP) is 1.85. The minimum atomic E-state index is 0.963. The molecule has 62 valence electrons. The minimum absolute atomic E-state index is 0.963. The Bertz CT molecular complexity index is 355. The molecular formula is C8H9N3S. The van der Waals surface area contributed by atoms with Crippen LogP contribution in [0, 0.1) is 6.92 Å². The smallest absolute Gasteiger partial charge is 0.143 e. The van der Waals surface area contributed by atoms with Crippen LogP contribution in [0.15, 0.2) is 17.8 Å². The van der Waals surface area contributed by atoms with Gasteiger partial charge < -0.3 is 4.57 Å². The summed E-state index contributed by atoms with van der Waals surface area (Å²) in [7, 11) is 1.99. The van der Waals surface area contributed by atoms with Crippen molar-refractivity contribution >= 4 is 11.3 Å². The largest absolute Gasteiger partial charge is 0.337 e. The summed E-state index contributed by atoms with van der Waals surface area (Å²) >= 11 is 1.61. The monoisotopic (exact) mass is 179 g/mol. The number of hydrogen-bond donors (Lipinski definition) is 0. The molecule has 0 spiro atoms. The van der Waals surface area contributed by atoms with Crippen molar-refractivity contribution in [3.05, 3.63) is 23.6 Å². The van der Waals surface area contributed by atoms with Crippen LogP contribution in [0.2, 0.25) is 0 Å². The van der Waals surface area contributed by atoms with E-state index >= 15 is 0 Å². The van der Waals surface area contributed by atoms with Crippen LogP contribution in [-0.2, 0) is 7.05 Å². The van der Waals surface area contributed by atoms with Gasteiger partial charge in [-0.3, -0.25) is 0 Å². The van der Waals surface area contributed by atoms with Gasteiger partial charge in [-0.05, 0) is 6.92 Å². The fourth-order valence-electron chi connectivity index (χ4n) is 1.01. The maximum absolute atomic E-state index is 4.36. The number of nitrogens with zero attached hydrogens (tertiary/aromatic N) is 3. The third kappa shape index (κ3) is 1.14. The average molecular weight is 179 g/mol. The van der Waals surface area contributed by atoms with Crippen molar-refractivity contribution in [3.63, 3.8) is 0 Å². The molecule has 0 saturated heterocycles. The Morgan fingerprint density at radius 2 is 2.33 bits per heavy atom. The summed E-state index contributed by atoms with van der Waals surface area (Å²) in [5.74, 6) is 1.01. The standard InChI is InChI=1S/C8H9N3S/c1-6-10-7(5-11(6)2)8-9-3-4-12-8/h3-5H,1-2H3. The van der Waals surface area contributed by atoms with Gasteiger partial charge in [-0.1, -0.05) is 0 Å². The normalized spacial score (nSPS) is 10.5. The molecule has 4 heteroatoms. The lowest BCUT2D eigenvalue weighted by Crippen LogP contribution is -1.86. The molecule has 0 aromatic carbocycles. The zero-order valence-corrected chi connectivity index (χ0v) is 7.80. The molecule has 0 aliphatic carbocycles. The van der Waals surface area contributed by atoms with E-state index in [2.05, 4.69) is 9.97 Å². The summed E-state index contributed by atoms with van der Waals surface area (Å²) in [5.41, 5.74) is 0.963. The Hall–Kier alpha value is -1.16. The molecule has 0 radical (unpaired) electrons. The second-order valence-electron chi connectivity index (χ2n) is 2.62. The van der Waals surface area contributed by atoms with Crippen molar-refractivity contribution in [2.45, 2.75) is 6.92 Å². The molecule has 0 N–H and O–H groups in total. The van der Waals surface area contributed by atoms with E-state index in [-0.39, 0.29) is 0 Å². The highest BCUT2D eigenvalue weighted by molar-refractivity contribution is 7.13. The van der Waals surface area contributed by atoms with Crippen LogP contribution in [0.5, 0.6) is 0 Å². The van der Waals surface area contributed by atoms with Gasteiger partial charge in [-0.2, -0.15) is 0 Å². The van der Waals surface area contributed by atoms with Gasteiger partial charge in [0.05, 0.1) is 0 Å². The first-order valence-corrected chi connectivity index (χ1v) is 4.55. The minimum Gasteiger partial charge on any atom is -0.337 e. The first kappa shape index (κ1) is 7.49. The molecule has 0 atom stereocenters. The molecule has 0 bridgehead atoms. The lowest BCUT2D eigenvalue weighted by molar-refractivity contribution is 0.858. The molecule has 0 unspecified atom stereocenters. The Balaban J connectivity index is 2.48. The Labute approximate surface area is 74.7 Å². The van der Waals surface area contributed by atoms with E-state index in [1.807, 2.05) is 30.1 Å². The molecule has 12 heavy (non-hydrogen) atoms. The van der Waals surface area contributed by atoms with Gasteiger partial charge in [0.25, 0.3) is 0 Å². The second kappa shape index (κ2) is 2.71. The summed E-state index contributed by atoms with van der Waals surface area (Å²) in [6, 6.07) is 0. The van der Waals surface area contributed by atoms with Gasteiger partial charge in [0.1, 0.15) is 16.5 Å². The summed E-state index contributed by atoms with van der Waals surface area (Å²) in [4.78, 5) is 8.55. The Morgan fingerprint density at radius 3 is 2.83 bits per heavy atom. The second-order valence-corrected chi connectivity index (χ2v) is 3.52. The van der Waals surface area contributed by atoms with Gasteiger partial charge >= 0.3 is 0 Å². The quantitative estimate of drug-likeness (QED) is 0.669. The van der Waals surface area contributed by atoms with E-state index in [9.17, 15) is 0 Å². The number of aromatic nitrogens is 3. The molecule has 2 aromatic heterocycles. The molecule has 0 aliphatic heterocycles. The average Bonchev–Trinajstić information content (AvgIpc) is 2.61. The SMILES string of the molecule is Cc1nc(-c2nccs2)cn1C. The van der Waals surface area contributed by atoms with Gasteiger partial charge in [0.15, 0.2) is 0 Å². The van der Waals surface area contributed by atoms with Crippen LogP contribution in [0.3, 0.4) is 0 Å². The van der Waals surface area contributed by atoms with Crippen molar-refractivity contribution < 1.29 is 0 Å². The topological polar surface area (TPSA) is 30.7 Å². The van der Waals surface area contributed by atoms with Crippen LogP contribution in [0.1, 0.15) is 5.82 Å². The molecule has 0 aliphatic rings. The number of rotatable bonds is 1. The maximum atomic E-state index is 4.36. The summed E-state index contributed by atoms with van der Waals surface area (Å²) in [6.45, 7) is 1.98. The predicted molar refractivity (Wildman–Crippen MR) is 49.1 cm³/mol. The van der Waals surface area contributed by atoms with Crippen LogP contribution < -0.4 is 0 Å². The van der Waals surface area contributed by atoms with Gasteiger partial charge in [-0.25, -0.2) is 9.97 Å². The zero-order valence-electron chi connectivity index (χ0n) is 6.98. The van der Waals surface area contributed by atoms with Crippen LogP contribution in [0.25, 0.3) is 10.7 Å². The van der Waals surface area contributed by atoms with E-state index in [1.165, 1.54) is 0 Å². The lowest BCUT2D eigenvalue weighted by atomic mass is 10.5. The third-order valence-corrected chi connectivity index (χ3v) is 2.56. The van der Waals surface area contributed by atoms with Crippen molar-refractivity contribution in [1.29, 1.82) is 0 Å². The first-order chi connectivity index (χ1) is 5.77. The number of thiazole rings is 1. The van der Waals surface area contributed by atoms with E-state index in [1.54, 1.807) is 17.5 Å². The van der Waals surface area contributed by atoms with Gasteiger partial charge in [0.2, 0.25) is 0 Å². The third-order valence-electron chi connectivity index (χ3n) is 1.76. The molecule has 2 rings (SSSR count). The molecular weight excluding hydrogens is 170 g/mol. The van der Waals surface area contributed by atoms with E-state index < -0.39 is 0 Å². The van der Waals surface area contributed by atoms with Gasteiger partial charge in [-0.15, -0.1) is 11.3 Å². The number of hydrogen-bond acceptors (Lipinski definition) is 3. The Morgan fingerprint density at radius 1 is 1.50 bits per heavy atom. The zero-order chi connectivity index (χ0) is 8.55. The summed E-state index contributed by atoms with van der Waals surface area (Å²) < 4.78 is 2.00. The Kier molecular flexibility index (Phi) is 1.69. The molecule has 0 amide bonds. The highest BCUT2D eigenvalue weighted by Crippen LogP contribution is 2.19. The van der Waals surface area contributed by atoms with Crippen molar-refractivity contribution in [2.75, 3.05) is 0 Å². The molecule has 0 fully saturated rings. The van der Waals surface area contributed by atoms with Crippen LogP contribution in [-0.4, -0.2) is 14.5 Å². The maximum Gasteiger partial charge on any atom is 0.143 e. The van der Waals surface area contributed by atoms with Crippen molar-refractivity contribution in [3.8, 4) is 10.7 Å². The summed E-state index contributed by atoms with van der Waals surface area (Å²) in [5, 5.41) is 2.94. The fraction of sp³-hybridized carbons (Fsp3) is 0.250. The molecule has 2 aromatic rings.